The van der Waals surface area contributed by atoms with Crippen LogP contribution in [0.1, 0.15) is 91.6 Å². The highest BCUT2D eigenvalue weighted by Crippen LogP contribution is 2.40. The highest BCUT2D eigenvalue weighted by Gasteiger charge is 2.18. The van der Waals surface area contributed by atoms with Crippen molar-refractivity contribution in [1.82, 2.24) is 0 Å². The zero-order valence-corrected chi connectivity index (χ0v) is 44.4. The summed E-state index contributed by atoms with van der Waals surface area (Å²) in [7, 11) is 0. The van der Waals surface area contributed by atoms with Gasteiger partial charge in [-0.15, -0.1) is 0 Å². The molecule has 13 heteroatoms. The molecule has 0 radical (unpaired) electrons. The lowest BCUT2D eigenvalue weighted by Gasteiger charge is -2.17. The summed E-state index contributed by atoms with van der Waals surface area (Å²) < 4.78 is 36.5. The quantitative estimate of drug-likeness (QED) is 0.0468. The van der Waals surface area contributed by atoms with Gasteiger partial charge in [-0.3, -0.25) is 0 Å². The minimum absolute atomic E-state index is 0.110. The van der Waals surface area contributed by atoms with Crippen molar-refractivity contribution in [2.45, 2.75) is 79.1 Å². The summed E-state index contributed by atoms with van der Waals surface area (Å²) in [6.07, 6.45) is 6.28. The number of para-hydroxylation sites is 2. The predicted octanol–water partition coefficient (Wildman–Crippen LogP) is 16.1. The summed E-state index contributed by atoms with van der Waals surface area (Å²) in [4.78, 5) is 11.6. The molecule has 0 amide bonds. The van der Waals surface area contributed by atoms with E-state index in [0.717, 1.165) is 88.8 Å². The average Bonchev–Trinajstić information content (AvgIpc) is 4.17. The first-order chi connectivity index (χ1) is 36.7. The second-order valence-corrected chi connectivity index (χ2v) is 18.9. The molecule has 75 heavy (non-hydrogen) atoms. The Kier molecular flexibility index (Phi) is 20.4. The topological polar surface area (TPSA) is 157 Å². The molecule has 388 valence electrons. The molecule has 8 rings (SSSR count). The van der Waals surface area contributed by atoms with E-state index in [-0.39, 0.29) is 17.1 Å². The van der Waals surface area contributed by atoms with E-state index < -0.39 is 5.97 Å². The van der Waals surface area contributed by atoms with Gasteiger partial charge in [-0.1, -0.05) is 76.9 Å². The summed E-state index contributed by atoms with van der Waals surface area (Å²) >= 11 is 3.21. The predicted molar refractivity (Wildman–Crippen MR) is 298 cm³/mol. The Morgan fingerprint density at radius 1 is 0.520 bits per heavy atom. The van der Waals surface area contributed by atoms with Crippen molar-refractivity contribution < 1.29 is 48.5 Å². The zero-order chi connectivity index (χ0) is 52.9. The number of thiophene rings is 2. The van der Waals surface area contributed by atoms with E-state index in [0.29, 0.717) is 85.1 Å². The van der Waals surface area contributed by atoms with Crippen LogP contribution in [0.25, 0.3) is 22.3 Å². The molecule has 3 N–H and O–H groups in total. The van der Waals surface area contributed by atoms with Gasteiger partial charge in [0.25, 0.3) is 0 Å². The van der Waals surface area contributed by atoms with Gasteiger partial charge in [-0.05, 0) is 142 Å². The fourth-order valence-corrected chi connectivity index (χ4v) is 9.67. The van der Waals surface area contributed by atoms with Crippen LogP contribution in [0.5, 0.6) is 57.5 Å². The first-order valence-electron chi connectivity index (χ1n) is 25.3. The Labute approximate surface area is 447 Å². The molecule has 6 aromatic carbocycles. The maximum atomic E-state index is 11.6. The van der Waals surface area contributed by atoms with Crippen LogP contribution in [0.15, 0.2) is 143 Å². The second kappa shape index (κ2) is 27.9. The van der Waals surface area contributed by atoms with Gasteiger partial charge in [0.1, 0.15) is 69.1 Å². The van der Waals surface area contributed by atoms with E-state index in [1.807, 2.05) is 94.3 Å². The van der Waals surface area contributed by atoms with Crippen LogP contribution in [0.2, 0.25) is 0 Å². The Balaban J connectivity index is 0.000000219. The number of benzene rings is 6. The maximum absolute atomic E-state index is 11.6. The molecular formula is C62H63NO10S2. The van der Waals surface area contributed by atoms with Crippen LogP contribution >= 0.6 is 22.7 Å². The van der Waals surface area contributed by atoms with Gasteiger partial charge in [-0.25, -0.2) is 4.79 Å². The van der Waals surface area contributed by atoms with E-state index in [9.17, 15) is 25.4 Å². The van der Waals surface area contributed by atoms with Crippen molar-refractivity contribution in [2.75, 3.05) is 26.4 Å². The summed E-state index contributed by atoms with van der Waals surface area (Å²) in [5, 5.41) is 48.0. The summed E-state index contributed by atoms with van der Waals surface area (Å²) in [6, 6.07) is 38.8. The number of ether oxygens (including phenoxy) is 6. The largest absolute Gasteiger partial charge is 0.507 e. The van der Waals surface area contributed by atoms with Crippen LogP contribution in [0.3, 0.4) is 0 Å². The number of nitriles is 1. The molecule has 2 aromatic heterocycles. The number of carboxylic acids is 1. The number of carboxylic acid groups (broad SMARTS) is 1. The number of rotatable bonds is 25. The molecule has 0 bridgehead atoms. The third-order valence-corrected chi connectivity index (χ3v) is 13.5. The van der Waals surface area contributed by atoms with Gasteiger partial charge in [0, 0.05) is 47.2 Å². The molecule has 0 unspecified atom stereocenters. The smallest absolute Gasteiger partial charge is 0.339 e. The van der Waals surface area contributed by atoms with Crippen LogP contribution in [0.4, 0.5) is 0 Å². The summed E-state index contributed by atoms with van der Waals surface area (Å²) in [5.74, 6) is 4.39. The molecule has 0 aliphatic rings. The monoisotopic (exact) mass is 1050 g/mol. The van der Waals surface area contributed by atoms with E-state index in [4.69, 9.17) is 28.4 Å². The summed E-state index contributed by atoms with van der Waals surface area (Å²) in [6.45, 7) is 10.2. The Morgan fingerprint density at radius 3 is 1.39 bits per heavy atom. The molecule has 11 nitrogen and oxygen atoms in total. The van der Waals surface area contributed by atoms with E-state index >= 15 is 0 Å². The number of carbonyl (C=O) groups is 1. The molecule has 0 aliphatic carbocycles. The minimum Gasteiger partial charge on any atom is -0.507 e. The number of nitrogens with zero attached hydrogens (tertiary/aromatic N) is 1. The second-order valence-electron chi connectivity index (χ2n) is 17.4. The van der Waals surface area contributed by atoms with Gasteiger partial charge in [-0.2, -0.15) is 27.9 Å². The van der Waals surface area contributed by atoms with Crippen LogP contribution in [-0.4, -0.2) is 47.7 Å². The normalized spacial score (nSPS) is 10.7. The SMILES string of the molecule is CCCc1c(OCCCOc2cc(O)c(-c3ccsc3)cc2CC)cccc1Oc1ccccc1C#N.CCCc1c(OCCCOc2cc(O)c(-c3ccsc3)cc2CC)cccc1Oc1ccccc1C(=O)O. The Hall–Kier alpha value is -7.92. The van der Waals surface area contributed by atoms with Gasteiger partial charge in [0.15, 0.2) is 0 Å². The van der Waals surface area contributed by atoms with Crippen molar-refractivity contribution in [1.29, 1.82) is 5.26 Å². The van der Waals surface area contributed by atoms with Crippen molar-refractivity contribution in [2.24, 2.45) is 0 Å². The van der Waals surface area contributed by atoms with Crippen molar-refractivity contribution in [3.8, 4) is 85.8 Å². The number of aromatic carboxylic acids is 1. The standard InChI is InChI=1S/C31H31NO4S.C31H32O6S/c1-3-9-25-29(12-7-13-30(25)36-28-11-6-5-10-23(28)20-32)34-15-8-16-35-31-19-27(33)26(18-22(31)4-2)24-14-17-37-21-24;1-3-9-23-27(12-7-13-28(23)37-29-11-6-5-10-24(29)31(33)34)35-15-8-16-36-30-19-26(32)25(18-21(30)4-2)22-14-17-38-20-22/h5-7,10-14,17-19,21,33H,3-4,8-9,15-16H2,1-2H3;5-7,10-14,17-20,32H,3-4,8-9,15-16H2,1-2H3,(H,33,34). The van der Waals surface area contributed by atoms with Crippen LogP contribution < -0.4 is 28.4 Å². The molecule has 0 atom stereocenters. The van der Waals surface area contributed by atoms with E-state index in [1.165, 1.54) is 6.07 Å². The number of aryl methyl sites for hydroxylation is 2. The molecule has 0 spiro atoms. The fourth-order valence-electron chi connectivity index (χ4n) is 8.36. The number of hydrogen-bond acceptors (Lipinski definition) is 12. The highest BCUT2D eigenvalue weighted by molar-refractivity contribution is 7.08. The molecule has 0 saturated heterocycles. The first-order valence-corrected chi connectivity index (χ1v) is 27.2. The third kappa shape index (κ3) is 14.7. The first kappa shape index (κ1) is 54.8. The number of phenols is 2. The highest BCUT2D eigenvalue weighted by atomic mass is 32.1. The average molecular weight is 1050 g/mol. The van der Waals surface area contributed by atoms with Crippen LogP contribution in [-0.2, 0) is 25.7 Å². The fraction of sp³-hybridized carbons (Fsp3) is 0.258. The lowest BCUT2D eigenvalue weighted by molar-refractivity contribution is 0.0694. The molecule has 2 heterocycles. The third-order valence-electron chi connectivity index (χ3n) is 12.1. The van der Waals surface area contributed by atoms with Gasteiger partial charge < -0.3 is 43.7 Å². The lowest BCUT2D eigenvalue weighted by atomic mass is 10.0. The van der Waals surface area contributed by atoms with Crippen molar-refractivity contribution >= 4 is 28.6 Å². The molecule has 0 aliphatic heterocycles. The molecule has 0 saturated carbocycles. The van der Waals surface area contributed by atoms with Crippen LogP contribution in [0, 0.1) is 11.3 Å². The van der Waals surface area contributed by atoms with Gasteiger partial charge in [0.05, 0.1) is 32.0 Å². The van der Waals surface area contributed by atoms with E-state index in [2.05, 4.69) is 33.8 Å². The number of aromatic hydroxyl groups is 2. The minimum atomic E-state index is -1.04. The van der Waals surface area contributed by atoms with Gasteiger partial charge in [0.2, 0.25) is 0 Å². The Morgan fingerprint density at radius 2 is 0.947 bits per heavy atom. The summed E-state index contributed by atoms with van der Waals surface area (Å²) in [5.41, 5.74) is 8.26. The lowest BCUT2D eigenvalue weighted by Crippen LogP contribution is -2.08. The van der Waals surface area contributed by atoms with Crippen molar-refractivity contribution in [3.63, 3.8) is 0 Å². The Bertz CT molecular complexity index is 3140. The van der Waals surface area contributed by atoms with Crippen molar-refractivity contribution in [3.05, 3.63) is 176 Å². The van der Waals surface area contributed by atoms with Gasteiger partial charge >= 0.3 is 5.97 Å². The van der Waals surface area contributed by atoms with E-state index in [1.54, 1.807) is 65.1 Å². The zero-order valence-electron chi connectivity index (χ0n) is 42.8. The molecular weight excluding hydrogens is 983 g/mol. The number of hydrogen-bond donors (Lipinski definition) is 3. The maximum Gasteiger partial charge on any atom is 0.339 e. The molecule has 0 fully saturated rings. The number of phenolic OH excluding ortho intramolecular Hbond substituents is 2. The molecule has 8 aromatic rings.